The number of hydrogen-bond acceptors (Lipinski definition) is 3. The van der Waals surface area contributed by atoms with Gasteiger partial charge in [0.2, 0.25) is 5.88 Å². The van der Waals surface area contributed by atoms with Gasteiger partial charge in [-0.25, -0.2) is 13.8 Å². The van der Waals surface area contributed by atoms with Crippen LogP contribution in [-0.4, -0.2) is 42.0 Å². The summed E-state index contributed by atoms with van der Waals surface area (Å²) in [6, 6.07) is 1.78. The highest BCUT2D eigenvalue weighted by atomic mass is 19.4. The average Bonchev–Trinajstić information content (AvgIpc) is 2.35. The van der Waals surface area contributed by atoms with E-state index in [1.807, 2.05) is 0 Å². The van der Waals surface area contributed by atoms with E-state index in [0.29, 0.717) is 6.20 Å². The fourth-order valence-electron chi connectivity index (χ4n) is 2.68. The van der Waals surface area contributed by atoms with E-state index >= 15 is 0 Å². The maximum Gasteiger partial charge on any atom is 0.417 e. The Morgan fingerprint density at radius 3 is 2.55 bits per heavy atom. The molecular weight excluding hydrogens is 307 g/mol. The molecule has 0 aliphatic carbocycles. The van der Waals surface area contributed by atoms with Crippen LogP contribution < -0.4 is 4.74 Å². The van der Waals surface area contributed by atoms with Gasteiger partial charge in [0.15, 0.2) is 0 Å². The Morgan fingerprint density at radius 1 is 1.36 bits per heavy atom. The quantitative estimate of drug-likeness (QED) is 0.796. The number of pyridine rings is 1. The predicted octanol–water partition coefficient (Wildman–Crippen LogP) is 3.45. The smallest absolute Gasteiger partial charge is 0.417 e. The van der Waals surface area contributed by atoms with Gasteiger partial charge in [0.1, 0.15) is 6.61 Å². The van der Waals surface area contributed by atoms with Crippen molar-refractivity contribution in [1.29, 1.82) is 0 Å². The molecule has 1 saturated heterocycles. The summed E-state index contributed by atoms with van der Waals surface area (Å²) in [5, 5.41) is 0. The second-order valence-electron chi connectivity index (χ2n) is 5.71. The minimum Gasteiger partial charge on any atom is -0.476 e. The van der Waals surface area contributed by atoms with E-state index in [1.54, 1.807) is 14.0 Å². The number of likely N-dealkylation sites (N-methyl/N-ethyl adjacent to an activating group) is 1. The van der Waals surface area contributed by atoms with Gasteiger partial charge in [-0.2, -0.15) is 13.2 Å². The first-order chi connectivity index (χ1) is 10.1. The normalized spacial score (nSPS) is 26.0. The lowest BCUT2D eigenvalue weighted by molar-refractivity contribution is -0.137. The van der Waals surface area contributed by atoms with E-state index < -0.39 is 17.7 Å². The third kappa shape index (κ3) is 4.06. The van der Waals surface area contributed by atoms with Crippen molar-refractivity contribution in [2.24, 2.45) is 5.92 Å². The number of ether oxygens (including phenoxy) is 1. The third-order valence-corrected chi connectivity index (χ3v) is 3.79. The predicted molar refractivity (Wildman–Crippen MR) is 69.9 cm³/mol. The summed E-state index contributed by atoms with van der Waals surface area (Å²) in [5.41, 5.74) is -0.859. The minimum absolute atomic E-state index is 0.0472. The van der Waals surface area contributed by atoms with Gasteiger partial charge in [-0.05, 0) is 19.0 Å². The SMILES string of the molecule is CC1CC(F)(F)CN(C)C1COc1ccc(C(F)(F)F)cn1. The summed E-state index contributed by atoms with van der Waals surface area (Å²) in [6.45, 7) is 1.45. The summed E-state index contributed by atoms with van der Waals surface area (Å²) in [5.74, 6) is -2.97. The van der Waals surface area contributed by atoms with Crippen molar-refractivity contribution in [2.75, 3.05) is 20.2 Å². The molecule has 0 amide bonds. The molecule has 1 aliphatic rings. The Bertz CT molecular complexity index is 489. The Kier molecular flexibility index (Phi) is 4.60. The zero-order chi connectivity index (χ0) is 16.5. The lowest BCUT2D eigenvalue weighted by atomic mass is 9.89. The van der Waals surface area contributed by atoms with Gasteiger partial charge < -0.3 is 4.74 Å². The lowest BCUT2D eigenvalue weighted by Crippen LogP contribution is -2.53. The second-order valence-corrected chi connectivity index (χ2v) is 5.71. The Labute approximate surface area is 125 Å². The highest BCUT2D eigenvalue weighted by Crippen LogP contribution is 2.34. The van der Waals surface area contributed by atoms with E-state index in [4.69, 9.17) is 4.74 Å². The number of alkyl halides is 5. The molecule has 3 nitrogen and oxygen atoms in total. The van der Waals surface area contributed by atoms with Crippen LogP contribution in [0.1, 0.15) is 18.9 Å². The molecule has 0 saturated carbocycles. The molecule has 1 fully saturated rings. The van der Waals surface area contributed by atoms with Crippen molar-refractivity contribution < 1.29 is 26.7 Å². The largest absolute Gasteiger partial charge is 0.476 e. The second kappa shape index (κ2) is 5.98. The van der Waals surface area contributed by atoms with Crippen molar-refractivity contribution in [3.63, 3.8) is 0 Å². The van der Waals surface area contributed by atoms with Crippen LogP contribution in [0.3, 0.4) is 0 Å². The van der Waals surface area contributed by atoms with E-state index in [2.05, 4.69) is 4.98 Å². The topological polar surface area (TPSA) is 25.4 Å². The number of piperidine rings is 1. The molecule has 0 aromatic carbocycles. The zero-order valence-corrected chi connectivity index (χ0v) is 12.2. The van der Waals surface area contributed by atoms with Crippen molar-refractivity contribution in [1.82, 2.24) is 9.88 Å². The van der Waals surface area contributed by atoms with Crippen LogP contribution in [0.2, 0.25) is 0 Å². The van der Waals surface area contributed by atoms with Crippen LogP contribution in [0.5, 0.6) is 5.88 Å². The molecule has 0 bridgehead atoms. The molecule has 124 valence electrons. The Hall–Kier alpha value is -1.44. The standard InChI is InChI=1S/C14H17F5N2O/c1-9-5-13(15,16)8-21(2)11(9)7-22-12-4-3-10(6-20-12)14(17,18)19/h3-4,6,9,11H,5,7-8H2,1-2H3. The first-order valence-corrected chi connectivity index (χ1v) is 6.82. The average molecular weight is 324 g/mol. The molecule has 8 heteroatoms. The van der Waals surface area contributed by atoms with Gasteiger partial charge in [-0.3, -0.25) is 4.90 Å². The fourth-order valence-corrected chi connectivity index (χ4v) is 2.68. The molecule has 1 aromatic rings. The number of halogens is 5. The fraction of sp³-hybridized carbons (Fsp3) is 0.643. The molecule has 0 radical (unpaired) electrons. The van der Waals surface area contributed by atoms with Gasteiger partial charge >= 0.3 is 6.18 Å². The summed E-state index contributed by atoms with van der Waals surface area (Å²) < 4.78 is 69.4. The number of rotatable bonds is 3. The molecule has 1 aliphatic heterocycles. The van der Waals surface area contributed by atoms with Gasteiger partial charge in [-0.1, -0.05) is 6.92 Å². The number of aromatic nitrogens is 1. The summed E-state index contributed by atoms with van der Waals surface area (Å²) in [4.78, 5) is 5.11. The van der Waals surface area contributed by atoms with Gasteiger partial charge in [0, 0.05) is 24.7 Å². The monoisotopic (exact) mass is 324 g/mol. The molecule has 0 spiro atoms. The van der Waals surface area contributed by atoms with Gasteiger partial charge in [-0.15, -0.1) is 0 Å². The van der Waals surface area contributed by atoms with Crippen LogP contribution in [-0.2, 0) is 6.18 Å². The van der Waals surface area contributed by atoms with Crippen LogP contribution in [0, 0.1) is 5.92 Å². The van der Waals surface area contributed by atoms with Crippen LogP contribution in [0.25, 0.3) is 0 Å². The first-order valence-electron chi connectivity index (χ1n) is 6.82. The Morgan fingerprint density at radius 2 is 2.05 bits per heavy atom. The maximum absolute atomic E-state index is 13.4. The summed E-state index contributed by atoms with van der Waals surface area (Å²) in [6.07, 6.45) is -3.99. The first kappa shape index (κ1) is 16.9. The molecule has 0 N–H and O–H groups in total. The molecular formula is C14H17F5N2O. The number of likely N-dealkylation sites (tertiary alicyclic amines) is 1. The molecule has 2 unspecified atom stereocenters. The molecule has 2 atom stereocenters. The minimum atomic E-state index is -4.45. The van der Waals surface area contributed by atoms with Crippen molar-refractivity contribution in [3.05, 3.63) is 23.9 Å². The van der Waals surface area contributed by atoms with Crippen molar-refractivity contribution >= 4 is 0 Å². The third-order valence-electron chi connectivity index (χ3n) is 3.79. The van der Waals surface area contributed by atoms with E-state index in [9.17, 15) is 22.0 Å². The highest BCUT2D eigenvalue weighted by molar-refractivity contribution is 5.20. The van der Waals surface area contributed by atoms with Crippen LogP contribution in [0.4, 0.5) is 22.0 Å². The van der Waals surface area contributed by atoms with Gasteiger partial charge in [0.05, 0.1) is 12.1 Å². The van der Waals surface area contributed by atoms with E-state index in [-0.39, 0.29) is 37.4 Å². The molecule has 22 heavy (non-hydrogen) atoms. The number of hydrogen-bond donors (Lipinski definition) is 0. The summed E-state index contributed by atoms with van der Waals surface area (Å²) >= 11 is 0. The molecule has 2 rings (SSSR count). The maximum atomic E-state index is 13.4. The van der Waals surface area contributed by atoms with Crippen molar-refractivity contribution in [3.8, 4) is 5.88 Å². The number of nitrogens with zero attached hydrogens (tertiary/aromatic N) is 2. The summed E-state index contributed by atoms with van der Waals surface area (Å²) in [7, 11) is 1.58. The highest BCUT2D eigenvalue weighted by Gasteiger charge is 2.42. The van der Waals surface area contributed by atoms with Gasteiger partial charge in [0.25, 0.3) is 5.92 Å². The lowest BCUT2D eigenvalue weighted by Gasteiger charge is -2.41. The van der Waals surface area contributed by atoms with Crippen LogP contribution >= 0.6 is 0 Å². The van der Waals surface area contributed by atoms with E-state index in [0.717, 1.165) is 12.1 Å². The zero-order valence-electron chi connectivity index (χ0n) is 12.2. The molecule has 1 aromatic heterocycles. The van der Waals surface area contributed by atoms with E-state index in [1.165, 1.54) is 4.90 Å². The Balaban J connectivity index is 1.95. The van der Waals surface area contributed by atoms with Crippen molar-refractivity contribution in [2.45, 2.75) is 31.5 Å². The molecule has 2 heterocycles. The van der Waals surface area contributed by atoms with Crippen LogP contribution in [0.15, 0.2) is 18.3 Å².